The number of carbonyl (C=O) groups excluding carboxylic acids is 2. The lowest BCUT2D eigenvalue weighted by molar-refractivity contribution is -0.122. The van der Waals surface area contributed by atoms with E-state index in [1.165, 1.54) is 0 Å². The molecule has 27 heavy (non-hydrogen) atoms. The zero-order chi connectivity index (χ0) is 19.4. The van der Waals surface area contributed by atoms with Gasteiger partial charge in [-0.25, -0.2) is 4.68 Å². The van der Waals surface area contributed by atoms with Crippen molar-refractivity contribution in [2.24, 2.45) is 0 Å². The Kier molecular flexibility index (Phi) is 6.11. The molecule has 1 atom stereocenters. The first kappa shape index (κ1) is 19.4. The maximum absolute atomic E-state index is 13.0. The second-order valence-corrected chi connectivity index (χ2v) is 7.26. The Labute approximate surface area is 163 Å². The number of rotatable bonds is 5. The van der Waals surface area contributed by atoms with Crippen molar-refractivity contribution in [2.75, 3.05) is 13.1 Å². The van der Waals surface area contributed by atoms with Crippen LogP contribution in [0.15, 0.2) is 24.3 Å². The lowest BCUT2D eigenvalue weighted by atomic mass is 10.0. The number of amides is 2. The van der Waals surface area contributed by atoms with E-state index in [-0.39, 0.29) is 17.9 Å². The van der Waals surface area contributed by atoms with Crippen LogP contribution >= 0.6 is 11.6 Å². The van der Waals surface area contributed by atoms with Crippen molar-refractivity contribution < 1.29 is 9.59 Å². The van der Waals surface area contributed by atoms with E-state index in [1.807, 2.05) is 26.0 Å². The van der Waals surface area contributed by atoms with Crippen molar-refractivity contribution >= 4 is 23.4 Å². The summed E-state index contributed by atoms with van der Waals surface area (Å²) in [5.74, 6) is -0.116. The molecular weight excluding hydrogens is 366 g/mol. The molecule has 3 rings (SSSR count). The molecule has 144 valence electrons. The number of aromatic nitrogens is 3. The van der Waals surface area contributed by atoms with Gasteiger partial charge in [-0.05, 0) is 44.4 Å². The van der Waals surface area contributed by atoms with Gasteiger partial charge in [0.15, 0.2) is 5.69 Å². The summed E-state index contributed by atoms with van der Waals surface area (Å²) < 4.78 is 1.61. The number of nitrogens with zero attached hydrogens (tertiary/aromatic N) is 4. The Morgan fingerprint density at radius 2 is 2.19 bits per heavy atom. The molecule has 8 heteroatoms. The zero-order valence-corrected chi connectivity index (χ0v) is 16.4. The van der Waals surface area contributed by atoms with E-state index in [9.17, 15) is 9.59 Å². The first-order chi connectivity index (χ1) is 13.0. The number of halogens is 1. The van der Waals surface area contributed by atoms with Crippen LogP contribution in [0.5, 0.6) is 0 Å². The Morgan fingerprint density at radius 3 is 2.93 bits per heavy atom. The molecule has 1 aromatic heterocycles. The van der Waals surface area contributed by atoms with Gasteiger partial charge in [-0.1, -0.05) is 29.8 Å². The van der Waals surface area contributed by atoms with Crippen LogP contribution in [0.3, 0.4) is 0 Å². The average molecular weight is 390 g/mol. The molecule has 1 unspecified atom stereocenters. The predicted molar refractivity (Wildman–Crippen MR) is 103 cm³/mol. The zero-order valence-electron chi connectivity index (χ0n) is 15.6. The molecule has 1 aliphatic heterocycles. The first-order valence-electron chi connectivity index (χ1n) is 9.26. The van der Waals surface area contributed by atoms with Crippen molar-refractivity contribution in [3.8, 4) is 5.69 Å². The Hall–Kier alpha value is -2.41. The highest BCUT2D eigenvalue weighted by Gasteiger charge is 2.28. The van der Waals surface area contributed by atoms with E-state index in [1.54, 1.807) is 21.7 Å². The summed E-state index contributed by atoms with van der Waals surface area (Å²) in [5.41, 5.74) is 1.75. The second-order valence-electron chi connectivity index (χ2n) is 6.82. The maximum atomic E-state index is 13.0. The van der Waals surface area contributed by atoms with E-state index in [0.29, 0.717) is 35.9 Å². The lowest BCUT2D eigenvalue weighted by Crippen LogP contribution is -2.49. The molecule has 2 heterocycles. The quantitative estimate of drug-likeness (QED) is 0.852. The Bertz CT molecular complexity index is 835. The molecular formula is C19H24ClN5O2. The van der Waals surface area contributed by atoms with Crippen molar-refractivity contribution in [3.05, 3.63) is 40.7 Å². The van der Waals surface area contributed by atoms with Crippen molar-refractivity contribution in [2.45, 2.75) is 45.6 Å². The fourth-order valence-electron chi connectivity index (χ4n) is 3.34. The van der Waals surface area contributed by atoms with Crippen LogP contribution in [0.2, 0.25) is 5.02 Å². The first-order valence-corrected chi connectivity index (χ1v) is 9.64. The van der Waals surface area contributed by atoms with E-state index >= 15 is 0 Å². The van der Waals surface area contributed by atoms with Gasteiger partial charge in [0, 0.05) is 30.6 Å². The smallest absolute Gasteiger partial charge is 0.276 e. The van der Waals surface area contributed by atoms with Gasteiger partial charge in [0.25, 0.3) is 5.91 Å². The number of piperidine rings is 1. The summed E-state index contributed by atoms with van der Waals surface area (Å²) >= 11 is 6.05. The average Bonchev–Trinajstić information content (AvgIpc) is 3.03. The van der Waals surface area contributed by atoms with Gasteiger partial charge in [-0.3, -0.25) is 9.59 Å². The van der Waals surface area contributed by atoms with Crippen LogP contribution in [0.4, 0.5) is 0 Å². The van der Waals surface area contributed by atoms with Gasteiger partial charge >= 0.3 is 0 Å². The van der Waals surface area contributed by atoms with Gasteiger partial charge in [0.2, 0.25) is 5.91 Å². The fraction of sp³-hybridized carbons (Fsp3) is 0.474. The van der Waals surface area contributed by atoms with E-state index in [4.69, 9.17) is 11.6 Å². The molecule has 1 aromatic carbocycles. The van der Waals surface area contributed by atoms with Crippen LogP contribution in [0.1, 0.15) is 48.8 Å². The molecule has 0 aliphatic carbocycles. The molecule has 2 aromatic rings. The van der Waals surface area contributed by atoms with Gasteiger partial charge in [0.05, 0.1) is 11.4 Å². The van der Waals surface area contributed by atoms with Crippen LogP contribution in [0.25, 0.3) is 5.69 Å². The molecule has 7 nitrogen and oxygen atoms in total. The Balaban J connectivity index is 1.73. The molecule has 1 fully saturated rings. The number of carbonyl (C=O) groups is 2. The fourth-order valence-corrected chi connectivity index (χ4v) is 3.52. The monoisotopic (exact) mass is 389 g/mol. The van der Waals surface area contributed by atoms with Crippen LogP contribution in [0, 0.1) is 6.92 Å². The number of likely N-dealkylation sites (tertiary alicyclic amines) is 1. The topological polar surface area (TPSA) is 80.1 Å². The highest BCUT2D eigenvalue weighted by molar-refractivity contribution is 6.30. The molecule has 0 bridgehead atoms. The molecule has 0 radical (unpaired) electrons. The molecule has 2 amide bonds. The van der Waals surface area contributed by atoms with Gasteiger partial charge in [-0.2, -0.15) is 0 Å². The lowest BCUT2D eigenvalue weighted by Gasteiger charge is -2.32. The standard InChI is InChI=1S/C19H24ClN5O2/c1-3-6-17(26)21-15-8-5-10-24(12-15)19(27)18-13(2)25(23-22-18)16-9-4-7-14(20)11-16/h4,7,9,11,15H,3,5-6,8,10,12H2,1-2H3,(H,21,26). The number of nitrogens with one attached hydrogen (secondary N) is 1. The van der Waals surface area contributed by atoms with Crippen molar-refractivity contribution in [1.29, 1.82) is 0 Å². The third kappa shape index (κ3) is 4.47. The SMILES string of the molecule is CCCC(=O)NC1CCCN(C(=O)c2nnn(-c3cccc(Cl)c3)c2C)C1. The van der Waals surface area contributed by atoms with E-state index < -0.39 is 0 Å². The number of hydrogen-bond acceptors (Lipinski definition) is 4. The minimum absolute atomic E-state index is 0.00923. The van der Waals surface area contributed by atoms with Gasteiger partial charge in [-0.15, -0.1) is 5.10 Å². The summed E-state index contributed by atoms with van der Waals surface area (Å²) in [7, 11) is 0. The normalized spacial score (nSPS) is 17.0. The third-order valence-electron chi connectivity index (χ3n) is 4.70. The van der Waals surface area contributed by atoms with Crippen LogP contribution in [-0.2, 0) is 4.79 Å². The van der Waals surface area contributed by atoms with Crippen molar-refractivity contribution in [1.82, 2.24) is 25.2 Å². The Morgan fingerprint density at radius 1 is 1.37 bits per heavy atom. The minimum Gasteiger partial charge on any atom is -0.352 e. The van der Waals surface area contributed by atoms with Gasteiger partial charge < -0.3 is 10.2 Å². The molecule has 1 saturated heterocycles. The van der Waals surface area contributed by atoms with Gasteiger partial charge in [0.1, 0.15) is 0 Å². The summed E-state index contributed by atoms with van der Waals surface area (Å²) in [5, 5.41) is 11.8. The highest BCUT2D eigenvalue weighted by Crippen LogP contribution is 2.19. The molecule has 0 spiro atoms. The number of hydrogen-bond donors (Lipinski definition) is 1. The molecule has 1 aliphatic rings. The maximum Gasteiger partial charge on any atom is 0.276 e. The third-order valence-corrected chi connectivity index (χ3v) is 4.94. The predicted octanol–water partition coefficient (Wildman–Crippen LogP) is 2.75. The summed E-state index contributed by atoms with van der Waals surface area (Å²) in [6.45, 7) is 4.95. The van der Waals surface area contributed by atoms with Crippen LogP contribution < -0.4 is 5.32 Å². The summed E-state index contributed by atoms with van der Waals surface area (Å²) in [6.07, 6.45) is 3.06. The second kappa shape index (κ2) is 8.52. The summed E-state index contributed by atoms with van der Waals surface area (Å²) in [6, 6.07) is 7.24. The van der Waals surface area contributed by atoms with E-state index in [2.05, 4.69) is 15.6 Å². The molecule has 1 N–H and O–H groups in total. The minimum atomic E-state index is -0.157. The highest BCUT2D eigenvalue weighted by atomic mass is 35.5. The summed E-state index contributed by atoms with van der Waals surface area (Å²) in [4.78, 5) is 26.6. The van der Waals surface area contributed by atoms with Crippen LogP contribution in [-0.4, -0.2) is 50.8 Å². The number of benzene rings is 1. The molecule has 0 saturated carbocycles. The van der Waals surface area contributed by atoms with Crippen molar-refractivity contribution in [3.63, 3.8) is 0 Å². The largest absolute Gasteiger partial charge is 0.352 e. The van der Waals surface area contributed by atoms with E-state index in [0.717, 1.165) is 24.9 Å².